The minimum atomic E-state index is -0.441. The van der Waals surface area contributed by atoms with E-state index in [4.69, 9.17) is 11.1 Å². The van der Waals surface area contributed by atoms with E-state index in [-0.39, 0.29) is 41.5 Å². The van der Waals surface area contributed by atoms with Crippen molar-refractivity contribution >= 4 is 17.6 Å². The van der Waals surface area contributed by atoms with Crippen molar-refractivity contribution in [2.45, 2.75) is 63.6 Å². The number of benzene rings is 1. The van der Waals surface area contributed by atoms with Crippen LogP contribution < -0.4 is 16.4 Å². The second-order valence-corrected chi connectivity index (χ2v) is 9.10. The molecule has 168 valence electrons. The highest BCUT2D eigenvalue weighted by atomic mass is 16.3. The summed E-state index contributed by atoms with van der Waals surface area (Å²) in [5.41, 5.74) is 6.41. The quantitative estimate of drug-likeness (QED) is 0.358. The Kier molecular flexibility index (Phi) is 6.46. The van der Waals surface area contributed by atoms with E-state index in [1.165, 1.54) is 25.3 Å². The molecule has 0 unspecified atom stereocenters. The molecule has 0 radical (unpaired) electrons. The predicted octanol–water partition coefficient (Wildman–Crippen LogP) is 1.45. The van der Waals surface area contributed by atoms with Crippen LogP contribution in [0, 0.1) is 17.2 Å². The molecule has 0 bridgehead atoms. The summed E-state index contributed by atoms with van der Waals surface area (Å²) in [5, 5.41) is 23.8. The van der Waals surface area contributed by atoms with Gasteiger partial charge in [-0.2, -0.15) is 0 Å². The number of fused-ring (bicyclic) bond motifs is 1. The molecule has 31 heavy (non-hydrogen) atoms. The maximum atomic E-state index is 13.4. The third kappa shape index (κ3) is 4.54. The largest absolute Gasteiger partial charge is 0.507 e. The van der Waals surface area contributed by atoms with Crippen molar-refractivity contribution in [3.05, 3.63) is 29.3 Å². The van der Waals surface area contributed by atoms with Crippen LogP contribution in [-0.2, 0) is 16.1 Å². The molecular weight excluding hydrogens is 394 g/mol. The molecule has 4 atom stereocenters. The van der Waals surface area contributed by atoms with Gasteiger partial charge in [-0.15, -0.1) is 0 Å². The maximum Gasteiger partial charge on any atom is 0.243 e. The van der Waals surface area contributed by atoms with Gasteiger partial charge in [-0.1, -0.05) is 25.3 Å². The zero-order valence-corrected chi connectivity index (χ0v) is 17.9. The Labute approximate surface area is 183 Å². The first kappa shape index (κ1) is 21.6. The Morgan fingerprint density at radius 1 is 1.19 bits per heavy atom. The van der Waals surface area contributed by atoms with Crippen molar-refractivity contribution in [2.75, 3.05) is 13.1 Å². The minimum Gasteiger partial charge on any atom is -0.507 e. The number of likely N-dealkylation sites (tertiary alicyclic amines) is 1. The zero-order valence-electron chi connectivity index (χ0n) is 17.9. The number of nitrogens with two attached hydrogens (primary N) is 1. The summed E-state index contributed by atoms with van der Waals surface area (Å²) >= 11 is 0. The van der Waals surface area contributed by atoms with E-state index >= 15 is 0 Å². The number of hydrogen-bond acceptors (Lipinski definition) is 5. The standard InChI is InChI=1S/C23H33N5O3/c24-21(25)17-8-7-14(12-19(17)29)13-27-22(30)18-6-3-11-28(18)23(31)20-16-5-2-1-4-15(16)9-10-26-20/h7-8,12,15-16,18,20,26,29H,1-6,9-11,13H2,(H3,24,25)(H,27,30)/t15-,16-,18-,20+/m0/s1. The Balaban J connectivity index is 1.38. The van der Waals surface area contributed by atoms with Gasteiger partial charge in [0.25, 0.3) is 0 Å². The van der Waals surface area contributed by atoms with E-state index in [1.807, 2.05) is 0 Å². The van der Waals surface area contributed by atoms with Crippen LogP contribution >= 0.6 is 0 Å². The van der Waals surface area contributed by atoms with Gasteiger partial charge in [0, 0.05) is 13.1 Å². The number of piperidine rings is 1. The molecule has 1 aromatic carbocycles. The molecule has 2 amide bonds. The van der Waals surface area contributed by atoms with Crippen molar-refractivity contribution in [1.29, 1.82) is 5.41 Å². The van der Waals surface area contributed by atoms with Crippen LogP contribution in [0.2, 0.25) is 0 Å². The van der Waals surface area contributed by atoms with E-state index < -0.39 is 6.04 Å². The molecule has 1 saturated carbocycles. The van der Waals surface area contributed by atoms with Crippen molar-refractivity contribution in [3.8, 4) is 5.75 Å². The Morgan fingerprint density at radius 2 is 2.00 bits per heavy atom. The summed E-state index contributed by atoms with van der Waals surface area (Å²) in [6.07, 6.45) is 7.42. The number of rotatable bonds is 5. The van der Waals surface area contributed by atoms with Crippen LogP contribution in [0.15, 0.2) is 18.2 Å². The summed E-state index contributed by atoms with van der Waals surface area (Å²) in [5.74, 6) is 0.660. The molecule has 3 fully saturated rings. The highest BCUT2D eigenvalue weighted by molar-refractivity contribution is 5.97. The van der Waals surface area contributed by atoms with Gasteiger partial charge in [0.2, 0.25) is 11.8 Å². The van der Waals surface area contributed by atoms with Crippen LogP contribution in [0.3, 0.4) is 0 Å². The fourth-order valence-electron chi connectivity index (χ4n) is 5.58. The van der Waals surface area contributed by atoms with E-state index in [9.17, 15) is 14.7 Å². The van der Waals surface area contributed by atoms with Gasteiger partial charge in [0.05, 0.1) is 11.6 Å². The number of nitrogens with one attached hydrogen (secondary N) is 3. The number of carbonyl (C=O) groups excluding carboxylic acids is 2. The number of nitrogen functional groups attached to an aromatic ring is 1. The zero-order chi connectivity index (χ0) is 22.0. The summed E-state index contributed by atoms with van der Waals surface area (Å²) in [6.45, 7) is 1.75. The van der Waals surface area contributed by atoms with Gasteiger partial charge >= 0.3 is 0 Å². The first-order valence-electron chi connectivity index (χ1n) is 11.4. The van der Waals surface area contributed by atoms with E-state index in [0.29, 0.717) is 30.4 Å². The molecule has 0 spiro atoms. The van der Waals surface area contributed by atoms with Crippen molar-refractivity contribution in [2.24, 2.45) is 17.6 Å². The smallest absolute Gasteiger partial charge is 0.243 e. The molecule has 8 heteroatoms. The van der Waals surface area contributed by atoms with Gasteiger partial charge in [-0.3, -0.25) is 15.0 Å². The molecule has 8 nitrogen and oxygen atoms in total. The average molecular weight is 428 g/mol. The Morgan fingerprint density at radius 3 is 2.77 bits per heavy atom. The molecule has 3 aliphatic rings. The van der Waals surface area contributed by atoms with E-state index in [1.54, 1.807) is 17.0 Å². The molecular formula is C23H33N5O3. The Hall–Kier alpha value is -2.61. The predicted molar refractivity (Wildman–Crippen MR) is 118 cm³/mol. The average Bonchev–Trinajstić information content (AvgIpc) is 3.26. The SMILES string of the molecule is N=C(N)c1ccc(CNC(=O)[C@@H]2CCCN2C(=O)[C@@H]2NCC[C@@H]3CCCC[C@@H]32)cc1O. The molecule has 1 aromatic rings. The number of nitrogens with zero attached hydrogens (tertiary/aromatic N) is 1. The lowest BCUT2D eigenvalue weighted by Gasteiger charge is -2.43. The van der Waals surface area contributed by atoms with Crippen molar-refractivity contribution < 1.29 is 14.7 Å². The fraction of sp³-hybridized carbons (Fsp3) is 0.609. The Bertz CT molecular complexity index is 856. The lowest BCUT2D eigenvalue weighted by Crippen LogP contribution is -2.58. The van der Waals surface area contributed by atoms with Gasteiger partial charge in [-0.05, 0) is 61.8 Å². The number of aromatic hydroxyl groups is 1. The molecule has 2 aliphatic heterocycles. The molecule has 1 aliphatic carbocycles. The van der Waals surface area contributed by atoms with Gasteiger partial charge in [0.15, 0.2) is 0 Å². The number of hydrogen-bond donors (Lipinski definition) is 5. The fourth-order valence-corrected chi connectivity index (χ4v) is 5.58. The second-order valence-electron chi connectivity index (χ2n) is 9.10. The van der Waals surface area contributed by atoms with Crippen LogP contribution in [0.1, 0.15) is 56.1 Å². The van der Waals surface area contributed by atoms with Crippen molar-refractivity contribution in [3.63, 3.8) is 0 Å². The second kappa shape index (κ2) is 9.26. The van der Waals surface area contributed by atoms with Crippen LogP contribution in [-0.4, -0.2) is 52.8 Å². The number of amides is 2. The summed E-state index contributed by atoms with van der Waals surface area (Å²) < 4.78 is 0. The minimum absolute atomic E-state index is 0.0812. The first-order chi connectivity index (χ1) is 15.0. The summed E-state index contributed by atoms with van der Waals surface area (Å²) in [6, 6.07) is 4.19. The number of carbonyl (C=O) groups is 2. The van der Waals surface area contributed by atoms with E-state index in [0.717, 1.165) is 25.8 Å². The molecule has 2 heterocycles. The number of phenolic OH excluding ortho intramolecular Hbond substituents is 1. The third-order valence-corrected chi connectivity index (χ3v) is 7.20. The lowest BCUT2D eigenvalue weighted by molar-refractivity contribution is -0.142. The topological polar surface area (TPSA) is 132 Å². The summed E-state index contributed by atoms with van der Waals surface area (Å²) in [4.78, 5) is 28.1. The van der Waals surface area contributed by atoms with Crippen LogP contribution in [0.4, 0.5) is 0 Å². The van der Waals surface area contributed by atoms with Gasteiger partial charge < -0.3 is 26.4 Å². The highest BCUT2D eigenvalue weighted by Crippen LogP contribution is 2.38. The first-order valence-corrected chi connectivity index (χ1v) is 11.4. The molecule has 2 saturated heterocycles. The maximum absolute atomic E-state index is 13.4. The van der Waals surface area contributed by atoms with Crippen LogP contribution in [0.5, 0.6) is 5.75 Å². The van der Waals surface area contributed by atoms with E-state index in [2.05, 4.69) is 10.6 Å². The van der Waals surface area contributed by atoms with Gasteiger partial charge in [-0.25, -0.2) is 0 Å². The monoisotopic (exact) mass is 427 g/mol. The number of phenols is 1. The molecule has 6 N–H and O–H groups in total. The lowest BCUT2D eigenvalue weighted by atomic mass is 9.71. The highest BCUT2D eigenvalue weighted by Gasteiger charge is 2.43. The number of amidine groups is 1. The van der Waals surface area contributed by atoms with Crippen molar-refractivity contribution in [1.82, 2.24) is 15.5 Å². The normalized spacial score (nSPS) is 28.1. The third-order valence-electron chi connectivity index (χ3n) is 7.20. The van der Waals surface area contributed by atoms with Crippen LogP contribution in [0.25, 0.3) is 0 Å². The molecule has 0 aromatic heterocycles. The van der Waals surface area contributed by atoms with Gasteiger partial charge in [0.1, 0.15) is 17.6 Å². The summed E-state index contributed by atoms with van der Waals surface area (Å²) in [7, 11) is 0. The molecule has 4 rings (SSSR count).